The molecule has 2 N–H and O–H groups in total. The first-order valence-electron chi connectivity index (χ1n) is 12.3. The van der Waals surface area contributed by atoms with Gasteiger partial charge in [-0.1, -0.05) is 91.0 Å². The lowest BCUT2D eigenvalue weighted by Crippen LogP contribution is -2.64. The van der Waals surface area contributed by atoms with Gasteiger partial charge in [0.15, 0.2) is 0 Å². The zero-order valence-electron chi connectivity index (χ0n) is 20.2. The highest BCUT2D eigenvalue weighted by Crippen LogP contribution is 2.57. The molecule has 1 aliphatic heterocycles. The number of ether oxygens (including phenoxy) is 2. The van der Waals surface area contributed by atoms with Crippen LogP contribution in [0.1, 0.15) is 16.7 Å². The molecule has 1 aliphatic carbocycles. The van der Waals surface area contributed by atoms with Crippen LogP contribution in [0.4, 0.5) is 0 Å². The summed E-state index contributed by atoms with van der Waals surface area (Å²) in [7, 11) is -3.99. The Morgan fingerprint density at radius 1 is 0.703 bits per heavy atom. The molecule has 1 saturated heterocycles. The van der Waals surface area contributed by atoms with E-state index in [1.165, 1.54) is 0 Å². The molecule has 2 aliphatic rings. The van der Waals surface area contributed by atoms with Crippen molar-refractivity contribution < 1.29 is 37.8 Å². The molecule has 0 amide bonds. The molecule has 196 valence electrons. The predicted molar refractivity (Wildman–Crippen MR) is 135 cm³/mol. The van der Waals surface area contributed by atoms with Crippen molar-refractivity contribution in [2.24, 2.45) is 5.92 Å². The van der Waals surface area contributed by atoms with Gasteiger partial charge in [0, 0.05) is 5.92 Å². The quantitative estimate of drug-likeness (QED) is 0.399. The van der Waals surface area contributed by atoms with Crippen molar-refractivity contribution in [3.05, 3.63) is 108 Å². The second kappa shape index (κ2) is 12.0. The van der Waals surface area contributed by atoms with E-state index in [-0.39, 0.29) is 26.4 Å². The summed E-state index contributed by atoms with van der Waals surface area (Å²) < 4.78 is 42.4. The molecule has 0 radical (unpaired) electrons. The van der Waals surface area contributed by atoms with Gasteiger partial charge in [-0.15, -0.1) is 0 Å². The molecule has 0 bridgehead atoms. The molecule has 3 aromatic rings. The fourth-order valence-corrected chi connectivity index (χ4v) is 6.14. The van der Waals surface area contributed by atoms with Crippen LogP contribution in [0.25, 0.3) is 0 Å². The Labute approximate surface area is 216 Å². The second-order valence-electron chi connectivity index (χ2n) is 9.24. The number of rotatable bonds is 9. The van der Waals surface area contributed by atoms with E-state index in [2.05, 4.69) is 0 Å². The topological polar surface area (TPSA) is 104 Å². The first-order chi connectivity index (χ1) is 18.0. The molecule has 8 nitrogen and oxygen atoms in total. The summed E-state index contributed by atoms with van der Waals surface area (Å²) in [4.78, 5) is 0. The van der Waals surface area contributed by atoms with Crippen LogP contribution in [-0.2, 0) is 47.4 Å². The SMILES string of the molecule is O=[P@@]1(OCc2ccccc2)OC[C@H]2[C@H](OCc3ccccc3)[C@@H](O)[C@H](OCc3ccccc3)[C@@H](O)[C@@H]2O1. The summed E-state index contributed by atoms with van der Waals surface area (Å²) in [6.45, 7) is 0.350. The minimum absolute atomic E-state index is 0.0239. The van der Waals surface area contributed by atoms with E-state index in [0.717, 1.165) is 16.7 Å². The van der Waals surface area contributed by atoms with Crippen molar-refractivity contribution in [3.8, 4) is 0 Å². The van der Waals surface area contributed by atoms with E-state index in [0.29, 0.717) is 0 Å². The van der Waals surface area contributed by atoms with Gasteiger partial charge in [0.25, 0.3) is 0 Å². The third-order valence-corrected chi connectivity index (χ3v) is 8.08. The molecule has 9 heteroatoms. The second-order valence-corrected chi connectivity index (χ2v) is 10.9. The predicted octanol–water partition coefficient (Wildman–Crippen LogP) is 4.25. The van der Waals surface area contributed by atoms with E-state index < -0.39 is 44.3 Å². The van der Waals surface area contributed by atoms with Gasteiger partial charge in [-0.05, 0) is 16.7 Å². The summed E-state index contributed by atoms with van der Waals surface area (Å²) in [5.74, 6) is -0.590. The van der Waals surface area contributed by atoms with Crippen LogP contribution in [0, 0.1) is 5.92 Å². The Balaban J connectivity index is 1.33. The zero-order valence-corrected chi connectivity index (χ0v) is 21.1. The molecule has 7 atom stereocenters. The van der Waals surface area contributed by atoms with Crippen molar-refractivity contribution in [2.75, 3.05) is 6.61 Å². The van der Waals surface area contributed by atoms with Gasteiger partial charge in [0.2, 0.25) is 0 Å². The Hall–Kier alpha value is -2.39. The number of phosphoric acid groups is 1. The average Bonchev–Trinajstić information content (AvgIpc) is 2.94. The van der Waals surface area contributed by atoms with Gasteiger partial charge in [-0.25, -0.2) is 4.57 Å². The first-order valence-corrected chi connectivity index (χ1v) is 13.8. The molecule has 0 unspecified atom stereocenters. The van der Waals surface area contributed by atoms with Crippen molar-refractivity contribution in [1.82, 2.24) is 0 Å². The average molecular weight is 527 g/mol. The van der Waals surface area contributed by atoms with Gasteiger partial charge in [0.05, 0.1) is 32.5 Å². The Kier molecular flexibility index (Phi) is 8.49. The van der Waals surface area contributed by atoms with Crippen LogP contribution in [0.5, 0.6) is 0 Å². The summed E-state index contributed by atoms with van der Waals surface area (Å²) >= 11 is 0. The maximum absolute atomic E-state index is 13.3. The first kappa shape index (κ1) is 26.2. The normalized spacial score (nSPS) is 31.5. The molecule has 37 heavy (non-hydrogen) atoms. The minimum Gasteiger partial charge on any atom is -0.388 e. The number of fused-ring (bicyclic) bond motifs is 1. The van der Waals surface area contributed by atoms with E-state index in [1.807, 2.05) is 91.0 Å². The Bertz CT molecular complexity index is 1160. The van der Waals surface area contributed by atoms with Crippen LogP contribution in [-0.4, -0.2) is 47.3 Å². The number of hydrogen-bond donors (Lipinski definition) is 2. The van der Waals surface area contributed by atoms with E-state index >= 15 is 0 Å². The van der Waals surface area contributed by atoms with Gasteiger partial charge in [-0.3, -0.25) is 13.6 Å². The molecule has 5 rings (SSSR count). The maximum atomic E-state index is 13.3. The number of benzene rings is 3. The monoisotopic (exact) mass is 526 g/mol. The summed E-state index contributed by atoms with van der Waals surface area (Å²) in [6, 6.07) is 28.3. The highest BCUT2D eigenvalue weighted by molar-refractivity contribution is 7.48. The number of aliphatic hydroxyl groups excluding tert-OH is 2. The number of hydrogen-bond acceptors (Lipinski definition) is 8. The fraction of sp³-hybridized carbons (Fsp3) is 0.357. The Morgan fingerprint density at radius 2 is 1.19 bits per heavy atom. The molecular weight excluding hydrogens is 495 g/mol. The molecular formula is C28H31O8P. The lowest BCUT2D eigenvalue weighted by atomic mass is 9.78. The van der Waals surface area contributed by atoms with E-state index in [1.54, 1.807) is 0 Å². The van der Waals surface area contributed by atoms with E-state index in [4.69, 9.17) is 23.0 Å². The van der Waals surface area contributed by atoms with Gasteiger partial charge < -0.3 is 19.7 Å². The van der Waals surface area contributed by atoms with E-state index in [9.17, 15) is 14.8 Å². The van der Waals surface area contributed by atoms with Gasteiger partial charge in [-0.2, -0.15) is 0 Å². The lowest BCUT2D eigenvalue weighted by molar-refractivity contribution is -0.245. The summed E-state index contributed by atoms with van der Waals surface area (Å²) in [5.41, 5.74) is 2.61. The van der Waals surface area contributed by atoms with Crippen molar-refractivity contribution in [2.45, 2.75) is 50.3 Å². The highest BCUT2D eigenvalue weighted by Gasteiger charge is 2.57. The third kappa shape index (κ3) is 6.37. The standard InChI is InChI=1S/C28H31O8P/c29-24-26(32-16-20-10-4-1-5-11-20)23-19-35-37(31,34-18-22-14-8-3-9-15-22)36-27(23)25(30)28(24)33-17-21-12-6-2-7-13-21/h1-15,23-30H,16-19H2/t23-,24+,25-,26-,27+,28-,37+/m0/s1. The number of aliphatic hydroxyl groups is 2. The lowest BCUT2D eigenvalue weighted by Gasteiger charge is -2.49. The molecule has 2 fully saturated rings. The summed E-state index contributed by atoms with van der Waals surface area (Å²) in [5, 5.41) is 22.5. The van der Waals surface area contributed by atoms with Gasteiger partial charge >= 0.3 is 7.82 Å². The molecule has 1 saturated carbocycles. The fourth-order valence-electron chi connectivity index (χ4n) is 4.70. The third-order valence-electron chi connectivity index (χ3n) is 6.67. The van der Waals surface area contributed by atoms with Gasteiger partial charge in [0.1, 0.15) is 24.4 Å². The molecule has 0 spiro atoms. The van der Waals surface area contributed by atoms with Crippen LogP contribution >= 0.6 is 7.82 Å². The van der Waals surface area contributed by atoms with Crippen LogP contribution in [0.2, 0.25) is 0 Å². The van der Waals surface area contributed by atoms with Crippen molar-refractivity contribution in [1.29, 1.82) is 0 Å². The zero-order chi connectivity index (χ0) is 25.7. The van der Waals surface area contributed by atoms with Crippen LogP contribution in [0.3, 0.4) is 0 Å². The molecule has 1 heterocycles. The number of phosphoric ester groups is 1. The van der Waals surface area contributed by atoms with Crippen molar-refractivity contribution in [3.63, 3.8) is 0 Å². The Morgan fingerprint density at radius 3 is 1.73 bits per heavy atom. The molecule has 3 aromatic carbocycles. The van der Waals surface area contributed by atoms with Crippen LogP contribution in [0.15, 0.2) is 91.0 Å². The van der Waals surface area contributed by atoms with Crippen molar-refractivity contribution >= 4 is 7.82 Å². The minimum atomic E-state index is -3.99. The largest absolute Gasteiger partial charge is 0.475 e. The highest BCUT2D eigenvalue weighted by atomic mass is 31.2. The maximum Gasteiger partial charge on any atom is 0.475 e. The summed E-state index contributed by atoms with van der Waals surface area (Å²) in [6.07, 6.45) is -5.27. The molecule has 0 aromatic heterocycles. The van der Waals surface area contributed by atoms with Crippen LogP contribution < -0.4 is 0 Å². The smallest absolute Gasteiger partial charge is 0.388 e.